The Bertz CT molecular complexity index is 1320. The summed E-state index contributed by atoms with van der Waals surface area (Å²) in [5, 5.41) is 9.79. The van der Waals surface area contributed by atoms with Crippen molar-refractivity contribution in [1.29, 1.82) is 0 Å². The maximum absolute atomic E-state index is 13.3. The zero-order chi connectivity index (χ0) is 22.2. The first-order chi connectivity index (χ1) is 14.7. The normalized spacial score (nSPS) is 11.6. The smallest absolute Gasteiger partial charge is 0.425 e. The van der Waals surface area contributed by atoms with E-state index in [-0.39, 0.29) is 11.1 Å². The summed E-state index contributed by atoms with van der Waals surface area (Å²) in [5.74, 6) is -1.85. The second-order valence-electron chi connectivity index (χ2n) is 6.95. The van der Waals surface area contributed by atoms with Gasteiger partial charge in [0.05, 0.1) is 17.2 Å². The number of halogens is 3. The number of benzene rings is 2. The molecule has 2 aromatic heterocycles. The summed E-state index contributed by atoms with van der Waals surface area (Å²) in [5.41, 5.74) is 0.732. The van der Waals surface area contributed by atoms with Gasteiger partial charge in [0.25, 0.3) is 5.56 Å². The molecule has 0 spiro atoms. The van der Waals surface area contributed by atoms with E-state index in [0.29, 0.717) is 12.1 Å². The summed E-state index contributed by atoms with van der Waals surface area (Å²) in [6.45, 7) is 2.43. The summed E-state index contributed by atoms with van der Waals surface area (Å²) in [7, 11) is 0. The van der Waals surface area contributed by atoms with Crippen LogP contribution in [0.15, 0.2) is 65.8 Å². The van der Waals surface area contributed by atoms with Crippen LogP contribution in [0.25, 0.3) is 10.9 Å². The second-order valence-corrected chi connectivity index (χ2v) is 6.95. The molecule has 0 radical (unpaired) electrons. The third kappa shape index (κ3) is 4.20. The van der Waals surface area contributed by atoms with Crippen molar-refractivity contribution < 1.29 is 23.0 Å². The minimum atomic E-state index is -4.87. The third-order valence-corrected chi connectivity index (χ3v) is 4.69. The highest BCUT2D eigenvalue weighted by Crippen LogP contribution is 2.42. The number of ether oxygens (including phenoxy) is 1. The number of hydrogen-bond acceptors (Lipinski definition) is 5. The Morgan fingerprint density at radius 1 is 1.06 bits per heavy atom. The predicted molar refractivity (Wildman–Crippen MR) is 107 cm³/mol. The lowest BCUT2D eigenvalue weighted by Crippen LogP contribution is -2.13. The summed E-state index contributed by atoms with van der Waals surface area (Å²) in [6, 6.07) is 13.0. The molecule has 0 aliphatic carbocycles. The number of aromatic hydroxyl groups is 1. The second kappa shape index (κ2) is 7.75. The first-order valence-corrected chi connectivity index (χ1v) is 9.20. The van der Waals surface area contributed by atoms with Crippen LogP contribution in [0.3, 0.4) is 0 Å². The minimum Gasteiger partial charge on any atom is -0.507 e. The monoisotopic (exact) mass is 427 g/mol. The van der Waals surface area contributed by atoms with Gasteiger partial charge in [-0.25, -0.2) is 4.98 Å². The Morgan fingerprint density at radius 2 is 1.81 bits per heavy atom. The van der Waals surface area contributed by atoms with Crippen LogP contribution in [0.5, 0.6) is 17.4 Å². The summed E-state index contributed by atoms with van der Waals surface area (Å²) in [6.07, 6.45) is -2.45. The molecule has 0 saturated carbocycles. The summed E-state index contributed by atoms with van der Waals surface area (Å²) >= 11 is 0. The molecule has 0 bridgehead atoms. The van der Waals surface area contributed by atoms with Crippen LogP contribution in [-0.2, 0) is 12.7 Å². The zero-order valence-corrected chi connectivity index (χ0v) is 16.2. The Kier molecular flexibility index (Phi) is 5.10. The number of fused-ring (bicyclic) bond motifs is 1. The Labute approximate surface area is 174 Å². The molecule has 31 heavy (non-hydrogen) atoms. The molecule has 0 saturated heterocycles. The average molecular weight is 427 g/mol. The third-order valence-electron chi connectivity index (χ3n) is 4.69. The van der Waals surface area contributed by atoms with Gasteiger partial charge in [-0.1, -0.05) is 29.8 Å². The van der Waals surface area contributed by atoms with Crippen molar-refractivity contribution in [3.05, 3.63) is 88.1 Å². The molecule has 0 aliphatic rings. The van der Waals surface area contributed by atoms with Crippen LogP contribution >= 0.6 is 0 Å². The van der Waals surface area contributed by atoms with E-state index in [4.69, 9.17) is 4.74 Å². The van der Waals surface area contributed by atoms with Crippen LogP contribution < -0.4 is 10.3 Å². The van der Waals surface area contributed by atoms with Gasteiger partial charge in [-0.2, -0.15) is 18.2 Å². The van der Waals surface area contributed by atoms with E-state index in [2.05, 4.69) is 9.97 Å². The molecule has 9 heteroatoms. The highest BCUT2D eigenvalue weighted by atomic mass is 19.4. The molecule has 0 aliphatic heterocycles. The molecule has 6 nitrogen and oxygen atoms in total. The molecular weight excluding hydrogens is 411 g/mol. The van der Waals surface area contributed by atoms with Crippen molar-refractivity contribution in [3.8, 4) is 17.4 Å². The van der Waals surface area contributed by atoms with E-state index in [1.54, 1.807) is 10.6 Å². The maximum Gasteiger partial charge on any atom is 0.425 e. The van der Waals surface area contributed by atoms with E-state index in [1.165, 1.54) is 18.5 Å². The molecule has 4 aromatic rings. The number of alkyl halides is 3. The van der Waals surface area contributed by atoms with Gasteiger partial charge >= 0.3 is 6.18 Å². The van der Waals surface area contributed by atoms with Crippen LogP contribution in [0.4, 0.5) is 13.2 Å². The molecule has 1 N–H and O–H groups in total. The number of rotatable bonds is 4. The fraction of sp³-hybridized carbons (Fsp3) is 0.136. The first kappa shape index (κ1) is 20.4. The number of aryl methyl sites for hydroxylation is 1. The topological polar surface area (TPSA) is 77.2 Å². The highest BCUT2D eigenvalue weighted by Gasteiger charge is 2.39. The van der Waals surface area contributed by atoms with E-state index in [9.17, 15) is 23.1 Å². The van der Waals surface area contributed by atoms with Crippen molar-refractivity contribution in [2.45, 2.75) is 19.6 Å². The van der Waals surface area contributed by atoms with Crippen LogP contribution in [0, 0.1) is 6.92 Å². The molecule has 4 rings (SSSR count). The predicted octanol–water partition coefficient (Wildman–Crippen LogP) is 4.66. The lowest BCUT2D eigenvalue weighted by atomic mass is 10.1. The van der Waals surface area contributed by atoms with Gasteiger partial charge in [-0.15, -0.1) is 0 Å². The van der Waals surface area contributed by atoms with Gasteiger partial charge in [0.1, 0.15) is 11.5 Å². The van der Waals surface area contributed by atoms with Gasteiger partial charge in [0, 0.05) is 12.7 Å². The van der Waals surface area contributed by atoms with E-state index >= 15 is 0 Å². The van der Waals surface area contributed by atoms with Crippen LogP contribution in [0.1, 0.15) is 16.7 Å². The number of aromatic nitrogens is 3. The van der Waals surface area contributed by atoms with Crippen molar-refractivity contribution in [3.63, 3.8) is 0 Å². The van der Waals surface area contributed by atoms with Crippen molar-refractivity contribution >= 4 is 10.9 Å². The molecule has 0 unspecified atom stereocenters. The molecule has 2 heterocycles. The van der Waals surface area contributed by atoms with E-state index in [1.807, 2.05) is 31.2 Å². The van der Waals surface area contributed by atoms with Gasteiger partial charge in [0.2, 0.25) is 5.88 Å². The lowest BCUT2D eigenvalue weighted by Gasteiger charge is -2.15. The number of hydrogen-bond donors (Lipinski definition) is 1. The molecule has 158 valence electrons. The highest BCUT2D eigenvalue weighted by molar-refractivity contribution is 5.79. The lowest BCUT2D eigenvalue weighted by molar-refractivity contribution is -0.140. The Morgan fingerprint density at radius 3 is 2.52 bits per heavy atom. The van der Waals surface area contributed by atoms with Gasteiger partial charge in [0.15, 0.2) is 5.56 Å². The van der Waals surface area contributed by atoms with Gasteiger partial charge in [-0.05, 0) is 36.8 Å². The van der Waals surface area contributed by atoms with Crippen molar-refractivity contribution in [2.24, 2.45) is 0 Å². The van der Waals surface area contributed by atoms with Crippen molar-refractivity contribution in [1.82, 2.24) is 14.5 Å². The van der Waals surface area contributed by atoms with Gasteiger partial charge in [-0.3, -0.25) is 4.79 Å². The Hall–Kier alpha value is -3.88. The number of pyridine rings is 1. The molecule has 0 fully saturated rings. The fourth-order valence-corrected chi connectivity index (χ4v) is 3.16. The standard InChI is InChI=1S/C22H16F3N3O3/c1-13-2-4-14(5-3-13)11-28-12-27-20(30)16-10-15(6-7-17(16)28)31-21-19(22(23,24)25)18(29)8-9-26-21/h2-10,12H,11H2,1H3,(H,26,29). The van der Waals surface area contributed by atoms with E-state index in [0.717, 1.165) is 23.4 Å². The molecular formula is C22H16F3N3O3. The molecule has 0 atom stereocenters. The van der Waals surface area contributed by atoms with Gasteiger partial charge < -0.3 is 14.4 Å². The number of nitrogens with zero attached hydrogens (tertiary/aromatic N) is 3. The summed E-state index contributed by atoms with van der Waals surface area (Å²) < 4.78 is 46.9. The zero-order valence-electron chi connectivity index (χ0n) is 16.2. The SMILES string of the molecule is Cc1ccc(Cn2cnc(=O)c3cc(Oc4nccc(O)c4C(F)(F)F)ccc32)cc1. The maximum atomic E-state index is 13.3. The largest absolute Gasteiger partial charge is 0.507 e. The minimum absolute atomic E-state index is 0.0388. The Balaban J connectivity index is 1.73. The van der Waals surface area contributed by atoms with Crippen molar-refractivity contribution in [2.75, 3.05) is 0 Å². The summed E-state index contributed by atoms with van der Waals surface area (Å²) in [4.78, 5) is 19.7. The van der Waals surface area contributed by atoms with Crippen LogP contribution in [0.2, 0.25) is 0 Å². The molecule has 0 amide bonds. The quantitative estimate of drug-likeness (QED) is 0.512. The molecule has 2 aromatic carbocycles. The van der Waals surface area contributed by atoms with Crippen LogP contribution in [-0.4, -0.2) is 19.6 Å². The first-order valence-electron chi connectivity index (χ1n) is 9.20. The fourth-order valence-electron chi connectivity index (χ4n) is 3.16. The average Bonchev–Trinajstić information content (AvgIpc) is 2.71. The van der Waals surface area contributed by atoms with E-state index < -0.39 is 28.9 Å².